The first kappa shape index (κ1) is 22.5. The quantitative estimate of drug-likeness (QED) is 0.537. The second-order valence-corrected chi connectivity index (χ2v) is 8.86. The zero-order valence-corrected chi connectivity index (χ0v) is 20.0. The summed E-state index contributed by atoms with van der Waals surface area (Å²) < 4.78 is 11.8. The summed E-state index contributed by atoms with van der Waals surface area (Å²) in [6.45, 7) is 5.83. The molecule has 0 spiro atoms. The van der Waals surface area contributed by atoms with Crippen LogP contribution >= 0.6 is 0 Å². The standard InChI is InChI=1S/C28H26N4O3/c1-18-7-9-24-26(13-18)35-25-10-8-22(34-3)15-23(25)27(30-24)31-11-12-32(19(2)17-31)28(33)21-6-4-5-20(14-21)16-29/h4-10,13-15,19H,11-12,17H2,1-3H3/t19-/m1/s1. The fourth-order valence-corrected chi connectivity index (χ4v) is 4.57. The number of carbonyl (C=O) groups is 1. The summed E-state index contributed by atoms with van der Waals surface area (Å²) in [7, 11) is 1.64. The van der Waals surface area contributed by atoms with E-state index in [4.69, 9.17) is 14.5 Å². The van der Waals surface area contributed by atoms with Crippen LogP contribution in [-0.2, 0) is 0 Å². The van der Waals surface area contributed by atoms with Gasteiger partial charge in [-0.15, -0.1) is 0 Å². The maximum absolute atomic E-state index is 13.2. The van der Waals surface area contributed by atoms with E-state index in [2.05, 4.69) is 11.0 Å². The summed E-state index contributed by atoms with van der Waals surface area (Å²) in [4.78, 5) is 22.3. The lowest BCUT2D eigenvalue weighted by molar-refractivity contribution is 0.0581. The molecule has 176 valence electrons. The average Bonchev–Trinajstić information content (AvgIpc) is 3.04. The van der Waals surface area contributed by atoms with E-state index in [1.807, 2.05) is 55.1 Å². The number of ether oxygens (including phenoxy) is 2. The first-order chi connectivity index (χ1) is 17.0. The zero-order chi connectivity index (χ0) is 24.5. The molecule has 0 radical (unpaired) electrons. The van der Waals surface area contributed by atoms with Gasteiger partial charge in [0.1, 0.15) is 23.0 Å². The van der Waals surface area contributed by atoms with E-state index in [-0.39, 0.29) is 11.9 Å². The highest BCUT2D eigenvalue weighted by molar-refractivity contribution is 6.04. The number of hydrogen-bond donors (Lipinski definition) is 0. The molecule has 1 amide bonds. The maximum Gasteiger partial charge on any atom is 0.254 e. The van der Waals surface area contributed by atoms with E-state index in [1.54, 1.807) is 31.4 Å². The van der Waals surface area contributed by atoms with Gasteiger partial charge >= 0.3 is 0 Å². The van der Waals surface area contributed by atoms with Crippen LogP contribution in [0.25, 0.3) is 0 Å². The molecule has 0 N–H and O–H groups in total. The van der Waals surface area contributed by atoms with Crippen molar-refractivity contribution in [1.29, 1.82) is 5.26 Å². The van der Waals surface area contributed by atoms with Crippen molar-refractivity contribution in [3.8, 4) is 23.3 Å². The maximum atomic E-state index is 13.2. The first-order valence-corrected chi connectivity index (χ1v) is 11.6. The predicted octanol–water partition coefficient (Wildman–Crippen LogP) is 4.91. The van der Waals surface area contributed by atoms with Crippen LogP contribution in [0.2, 0.25) is 0 Å². The Labute approximate surface area is 204 Å². The number of amidine groups is 1. The second kappa shape index (κ2) is 9.15. The molecule has 35 heavy (non-hydrogen) atoms. The van der Waals surface area contributed by atoms with Crippen molar-refractivity contribution >= 4 is 17.4 Å². The number of piperazine rings is 1. The van der Waals surface area contributed by atoms with Gasteiger partial charge in [0.05, 0.1) is 24.3 Å². The van der Waals surface area contributed by atoms with E-state index in [0.29, 0.717) is 42.3 Å². The van der Waals surface area contributed by atoms with Gasteiger partial charge in [-0.1, -0.05) is 12.1 Å². The molecule has 0 aliphatic carbocycles. The number of aryl methyl sites for hydroxylation is 1. The van der Waals surface area contributed by atoms with Crippen LogP contribution in [0.5, 0.6) is 17.2 Å². The molecule has 0 aromatic heterocycles. The number of nitrogens with zero attached hydrogens (tertiary/aromatic N) is 4. The minimum absolute atomic E-state index is 0.0552. The highest BCUT2D eigenvalue weighted by Crippen LogP contribution is 2.40. The first-order valence-electron chi connectivity index (χ1n) is 11.6. The van der Waals surface area contributed by atoms with Crippen LogP contribution in [0, 0.1) is 18.3 Å². The number of fused-ring (bicyclic) bond motifs is 2. The molecular formula is C28H26N4O3. The molecule has 3 aromatic carbocycles. The number of methoxy groups -OCH3 is 1. The van der Waals surface area contributed by atoms with Gasteiger partial charge in [-0.25, -0.2) is 4.99 Å². The van der Waals surface area contributed by atoms with Gasteiger partial charge in [0.2, 0.25) is 0 Å². The molecule has 0 saturated carbocycles. The Hall–Kier alpha value is -4.31. The van der Waals surface area contributed by atoms with Crippen molar-refractivity contribution in [3.05, 3.63) is 82.9 Å². The Morgan fingerprint density at radius 3 is 2.74 bits per heavy atom. The predicted molar refractivity (Wildman–Crippen MR) is 134 cm³/mol. The van der Waals surface area contributed by atoms with Gasteiger partial charge in [0.25, 0.3) is 5.91 Å². The Balaban J connectivity index is 1.47. The van der Waals surface area contributed by atoms with Crippen LogP contribution in [0.3, 0.4) is 0 Å². The van der Waals surface area contributed by atoms with E-state index in [9.17, 15) is 10.1 Å². The summed E-state index contributed by atoms with van der Waals surface area (Å²) in [6, 6.07) is 20.6. The van der Waals surface area contributed by atoms with Crippen molar-refractivity contribution in [3.63, 3.8) is 0 Å². The molecule has 1 fully saturated rings. The van der Waals surface area contributed by atoms with Crippen molar-refractivity contribution in [2.45, 2.75) is 19.9 Å². The largest absolute Gasteiger partial charge is 0.497 e. The molecule has 2 aliphatic heterocycles. The average molecular weight is 467 g/mol. The minimum Gasteiger partial charge on any atom is -0.497 e. The van der Waals surface area contributed by atoms with Crippen molar-refractivity contribution in [2.75, 3.05) is 26.7 Å². The molecule has 0 unspecified atom stereocenters. The van der Waals surface area contributed by atoms with Crippen LogP contribution in [0.1, 0.15) is 34.0 Å². The number of benzene rings is 3. The molecule has 2 aliphatic rings. The van der Waals surface area contributed by atoms with Gasteiger partial charge in [-0.05, 0) is 67.9 Å². The van der Waals surface area contributed by atoms with E-state index in [0.717, 1.165) is 28.4 Å². The van der Waals surface area contributed by atoms with Crippen LogP contribution in [-0.4, -0.2) is 54.3 Å². The summed E-state index contributed by atoms with van der Waals surface area (Å²) in [6.07, 6.45) is 0. The monoisotopic (exact) mass is 466 g/mol. The van der Waals surface area contributed by atoms with Gasteiger partial charge < -0.3 is 19.3 Å². The third-order valence-electron chi connectivity index (χ3n) is 6.42. The molecule has 7 nitrogen and oxygen atoms in total. The highest BCUT2D eigenvalue weighted by atomic mass is 16.5. The van der Waals surface area contributed by atoms with Gasteiger partial charge in [0, 0.05) is 31.2 Å². The lowest BCUT2D eigenvalue weighted by Crippen LogP contribution is -2.55. The Kier molecular flexibility index (Phi) is 5.87. The van der Waals surface area contributed by atoms with E-state index < -0.39 is 0 Å². The van der Waals surface area contributed by atoms with Crippen molar-refractivity contribution in [1.82, 2.24) is 9.80 Å². The fraction of sp³-hybridized carbons (Fsp3) is 0.250. The molecule has 1 atom stereocenters. The topological polar surface area (TPSA) is 78.2 Å². The molecule has 0 bridgehead atoms. The fourth-order valence-electron chi connectivity index (χ4n) is 4.57. The van der Waals surface area contributed by atoms with Crippen molar-refractivity contribution in [2.24, 2.45) is 4.99 Å². The third-order valence-corrected chi connectivity index (χ3v) is 6.42. The number of amides is 1. The summed E-state index contributed by atoms with van der Waals surface area (Å²) in [5.41, 5.74) is 3.73. The molecular weight excluding hydrogens is 440 g/mol. The van der Waals surface area contributed by atoms with Gasteiger partial charge in [0.15, 0.2) is 5.75 Å². The van der Waals surface area contributed by atoms with Crippen molar-refractivity contribution < 1.29 is 14.3 Å². The minimum atomic E-state index is -0.0664. The number of nitriles is 1. The Morgan fingerprint density at radius 2 is 1.97 bits per heavy atom. The number of carbonyl (C=O) groups excluding carboxylic acids is 1. The molecule has 5 rings (SSSR count). The normalized spacial score (nSPS) is 16.7. The van der Waals surface area contributed by atoms with Crippen LogP contribution < -0.4 is 9.47 Å². The number of rotatable bonds is 2. The molecule has 3 aromatic rings. The highest BCUT2D eigenvalue weighted by Gasteiger charge is 2.32. The number of aliphatic imine (C=N–C) groups is 1. The number of hydrogen-bond acceptors (Lipinski definition) is 6. The lowest BCUT2D eigenvalue weighted by atomic mass is 10.1. The summed E-state index contributed by atoms with van der Waals surface area (Å²) in [5.74, 6) is 2.88. The molecule has 7 heteroatoms. The Bertz CT molecular complexity index is 1370. The molecule has 2 heterocycles. The van der Waals surface area contributed by atoms with Gasteiger partial charge in [-0.2, -0.15) is 5.26 Å². The van der Waals surface area contributed by atoms with Crippen LogP contribution in [0.4, 0.5) is 5.69 Å². The second-order valence-electron chi connectivity index (χ2n) is 8.86. The smallest absolute Gasteiger partial charge is 0.254 e. The molecule has 1 saturated heterocycles. The van der Waals surface area contributed by atoms with Crippen LogP contribution in [0.15, 0.2) is 65.7 Å². The summed E-state index contributed by atoms with van der Waals surface area (Å²) >= 11 is 0. The third kappa shape index (κ3) is 4.31. The van der Waals surface area contributed by atoms with E-state index in [1.165, 1.54) is 0 Å². The Morgan fingerprint density at radius 1 is 1.11 bits per heavy atom. The zero-order valence-electron chi connectivity index (χ0n) is 20.0. The van der Waals surface area contributed by atoms with Gasteiger partial charge in [-0.3, -0.25) is 4.79 Å². The van der Waals surface area contributed by atoms with E-state index >= 15 is 0 Å². The SMILES string of the molecule is COc1ccc2c(c1)C(N1CCN(C(=O)c3cccc(C#N)c3)[C@H](C)C1)=Nc1ccc(C)cc1O2. The lowest BCUT2D eigenvalue weighted by Gasteiger charge is -2.41. The summed E-state index contributed by atoms with van der Waals surface area (Å²) in [5, 5.41) is 9.20.